The predicted octanol–water partition coefficient (Wildman–Crippen LogP) is 3.31. The monoisotopic (exact) mass is 215 g/mol. The Balaban J connectivity index is 2.64. The quantitative estimate of drug-likeness (QED) is 0.592. The van der Waals surface area contributed by atoms with Gasteiger partial charge in [-0.05, 0) is 12.0 Å². The summed E-state index contributed by atoms with van der Waals surface area (Å²) in [6, 6.07) is 10.5. The summed E-state index contributed by atoms with van der Waals surface area (Å²) in [5.74, 6) is 6.63. The highest BCUT2D eigenvalue weighted by molar-refractivity contribution is 5.27. The van der Waals surface area contributed by atoms with Gasteiger partial charge in [0.15, 0.2) is 0 Å². The van der Waals surface area contributed by atoms with E-state index >= 15 is 0 Å². The number of hydrogen-bond acceptors (Lipinski definition) is 1. The second kappa shape index (κ2) is 7.96. The summed E-state index contributed by atoms with van der Waals surface area (Å²) >= 11 is 0. The number of hydrogen-bond donors (Lipinski definition) is 1. The summed E-state index contributed by atoms with van der Waals surface area (Å²) in [5, 5.41) is 0. The van der Waals surface area contributed by atoms with Crippen molar-refractivity contribution in [2.45, 2.75) is 38.5 Å². The van der Waals surface area contributed by atoms with Crippen molar-refractivity contribution in [2.24, 2.45) is 5.73 Å². The van der Waals surface area contributed by atoms with Crippen molar-refractivity contribution in [3.63, 3.8) is 0 Å². The molecule has 1 aromatic rings. The zero-order valence-corrected chi connectivity index (χ0v) is 10.1. The van der Waals surface area contributed by atoms with Crippen LogP contribution in [0.2, 0.25) is 0 Å². The van der Waals surface area contributed by atoms with E-state index in [2.05, 4.69) is 43.0 Å². The Morgan fingerprint density at radius 3 is 2.56 bits per heavy atom. The van der Waals surface area contributed by atoms with E-state index in [0.717, 1.165) is 6.42 Å². The molecule has 0 aliphatic rings. The lowest BCUT2D eigenvalue weighted by molar-refractivity contribution is 0.637. The molecule has 0 aliphatic heterocycles. The second-order valence-electron chi connectivity index (χ2n) is 3.98. The molecule has 0 saturated carbocycles. The average Bonchev–Trinajstić information content (AvgIpc) is 2.35. The van der Waals surface area contributed by atoms with Crippen molar-refractivity contribution >= 4 is 0 Å². The molecule has 0 radical (unpaired) electrons. The molecule has 1 aromatic carbocycles. The zero-order chi connectivity index (χ0) is 11.6. The van der Waals surface area contributed by atoms with Crippen molar-refractivity contribution in [3.8, 4) is 11.8 Å². The van der Waals surface area contributed by atoms with Crippen LogP contribution in [-0.2, 0) is 0 Å². The van der Waals surface area contributed by atoms with Gasteiger partial charge < -0.3 is 5.73 Å². The van der Waals surface area contributed by atoms with Crippen molar-refractivity contribution in [2.75, 3.05) is 6.54 Å². The minimum absolute atomic E-state index is 0.358. The largest absolute Gasteiger partial charge is 0.320 e. The molecule has 0 saturated heterocycles. The van der Waals surface area contributed by atoms with E-state index in [4.69, 9.17) is 5.73 Å². The van der Waals surface area contributed by atoms with Crippen LogP contribution >= 0.6 is 0 Å². The van der Waals surface area contributed by atoms with Crippen LogP contribution < -0.4 is 5.73 Å². The molecule has 0 amide bonds. The fraction of sp³-hybridized carbons (Fsp3) is 0.467. The van der Waals surface area contributed by atoms with Crippen LogP contribution in [0.15, 0.2) is 30.3 Å². The third kappa shape index (κ3) is 4.51. The van der Waals surface area contributed by atoms with Crippen molar-refractivity contribution in [1.29, 1.82) is 0 Å². The molecule has 0 heterocycles. The lowest BCUT2D eigenvalue weighted by Crippen LogP contribution is -1.99. The van der Waals surface area contributed by atoms with Crippen molar-refractivity contribution in [1.82, 2.24) is 0 Å². The second-order valence-corrected chi connectivity index (χ2v) is 3.98. The molecule has 0 aliphatic carbocycles. The summed E-state index contributed by atoms with van der Waals surface area (Å²) in [7, 11) is 0. The molecule has 0 fully saturated rings. The lowest BCUT2D eigenvalue weighted by atomic mass is 9.94. The van der Waals surface area contributed by atoms with Crippen LogP contribution in [0.25, 0.3) is 0 Å². The van der Waals surface area contributed by atoms with Gasteiger partial charge in [0.1, 0.15) is 0 Å². The molecule has 16 heavy (non-hydrogen) atoms. The van der Waals surface area contributed by atoms with Gasteiger partial charge in [0.25, 0.3) is 0 Å². The fourth-order valence-corrected chi connectivity index (χ4v) is 1.79. The zero-order valence-electron chi connectivity index (χ0n) is 10.1. The topological polar surface area (TPSA) is 26.0 Å². The molecular weight excluding hydrogens is 194 g/mol. The number of nitrogens with two attached hydrogens (primary N) is 1. The van der Waals surface area contributed by atoms with Gasteiger partial charge in [0.2, 0.25) is 0 Å². The molecular formula is C15H21N. The van der Waals surface area contributed by atoms with Crippen molar-refractivity contribution in [3.05, 3.63) is 35.9 Å². The van der Waals surface area contributed by atoms with Gasteiger partial charge >= 0.3 is 0 Å². The van der Waals surface area contributed by atoms with Gasteiger partial charge in [-0.25, -0.2) is 0 Å². The number of benzene rings is 1. The Kier molecular flexibility index (Phi) is 6.37. The van der Waals surface area contributed by atoms with E-state index in [1.165, 1.54) is 24.8 Å². The van der Waals surface area contributed by atoms with Gasteiger partial charge in [-0.2, -0.15) is 0 Å². The molecule has 86 valence electrons. The Hall–Kier alpha value is -1.26. The third-order valence-corrected chi connectivity index (χ3v) is 2.68. The average molecular weight is 215 g/mol. The summed E-state index contributed by atoms with van der Waals surface area (Å²) in [5.41, 5.74) is 6.76. The number of unbranched alkanes of at least 4 members (excludes halogenated alkanes) is 2. The molecule has 0 spiro atoms. The van der Waals surface area contributed by atoms with E-state index in [9.17, 15) is 0 Å². The van der Waals surface area contributed by atoms with E-state index in [1.54, 1.807) is 0 Å². The van der Waals surface area contributed by atoms with Gasteiger partial charge in [-0.3, -0.25) is 0 Å². The number of rotatable bonds is 5. The molecule has 1 unspecified atom stereocenters. The highest BCUT2D eigenvalue weighted by Gasteiger charge is 2.06. The Morgan fingerprint density at radius 2 is 1.94 bits per heavy atom. The van der Waals surface area contributed by atoms with Gasteiger partial charge in [-0.15, -0.1) is 0 Å². The predicted molar refractivity (Wildman–Crippen MR) is 70.2 cm³/mol. The minimum Gasteiger partial charge on any atom is -0.320 e. The first-order valence-electron chi connectivity index (χ1n) is 6.12. The molecule has 1 heteroatoms. The van der Waals surface area contributed by atoms with E-state index in [1.807, 2.05) is 6.07 Å². The summed E-state index contributed by atoms with van der Waals surface area (Å²) in [4.78, 5) is 0. The van der Waals surface area contributed by atoms with E-state index in [0.29, 0.717) is 12.5 Å². The summed E-state index contributed by atoms with van der Waals surface area (Å²) < 4.78 is 0. The first kappa shape index (κ1) is 12.8. The maximum Gasteiger partial charge on any atom is 0.0551 e. The fourth-order valence-electron chi connectivity index (χ4n) is 1.79. The standard InChI is InChI=1S/C15H21N/c1-2-3-5-9-15(12-8-13-16)14-10-6-4-7-11-14/h4,6-7,10-11,15H,2-3,5,9,13,16H2,1H3. The molecule has 1 nitrogen and oxygen atoms in total. The molecule has 2 N–H and O–H groups in total. The maximum atomic E-state index is 5.44. The minimum atomic E-state index is 0.358. The maximum absolute atomic E-state index is 5.44. The summed E-state index contributed by atoms with van der Waals surface area (Å²) in [6.45, 7) is 2.68. The lowest BCUT2D eigenvalue weighted by Gasteiger charge is -2.10. The van der Waals surface area contributed by atoms with Gasteiger partial charge in [-0.1, -0.05) is 68.4 Å². The van der Waals surface area contributed by atoms with E-state index < -0.39 is 0 Å². The van der Waals surface area contributed by atoms with Crippen LogP contribution in [0, 0.1) is 11.8 Å². The Labute approximate surface area is 99.1 Å². The van der Waals surface area contributed by atoms with Crippen LogP contribution in [0.1, 0.15) is 44.1 Å². The molecule has 1 atom stereocenters. The van der Waals surface area contributed by atoms with Gasteiger partial charge in [0.05, 0.1) is 6.54 Å². The first-order valence-corrected chi connectivity index (χ1v) is 6.12. The highest BCUT2D eigenvalue weighted by Crippen LogP contribution is 2.21. The molecule has 1 rings (SSSR count). The highest BCUT2D eigenvalue weighted by atomic mass is 14.5. The van der Waals surface area contributed by atoms with Gasteiger partial charge in [0, 0.05) is 5.92 Å². The Morgan fingerprint density at radius 1 is 1.19 bits per heavy atom. The van der Waals surface area contributed by atoms with Crippen molar-refractivity contribution < 1.29 is 0 Å². The van der Waals surface area contributed by atoms with E-state index in [-0.39, 0.29) is 0 Å². The van der Waals surface area contributed by atoms with Crippen LogP contribution in [0.3, 0.4) is 0 Å². The molecule has 0 bridgehead atoms. The normalized spacial score (nSPS) is 11.6. The van der Waals surface area contributed by atoms with Crippen LogP contribution in [0.4, 0.5) is 0 Å². The molecule has 0 aromatic heterocycles. The third-order valence-electron chi connectivity index (χ3n) is 2.68. The Bertz CT molecular complexity index is 331. The van der Waals surface area contributed by atoms with Crippen LogP contribution in [0.5, 0.6) is 0 Å². The SMILES string of the molecule is CCCCCC(C#CCN)c1ccccc1. The first-order chi connectivity index (χ1) is 7.88. The van der Waals surface area contributed by atoms with Crippen LogP contribution in [-0.4, -0.2) is 6.54 Å². The smallest absolute Gasteiger partial charge is 0.0551 e. The summed E-state index contributed by atoms with van der Waals surface area (Å²) in [6.07, 6.45) is 4.93.